The molecule has 3 N–H and O–H groups in total. The van der Waals surface area contributed by atoms with Crippen molar-refractivity contribution in [1.82, 2.24) is 16.0 Å². The molecule has 7 heteroatoms. The van der Waals surface area contributed by atoms with Gasteiger partial charge in [-0.15, -0.1) is 0 Å². The minimum atomic E-state index is -0.610. The summed E-state index contributed by atoms with van der Waals surface area (Å²) in [5, 5.41) is 7.85. The molecule has 0 aromatic rings. The fourth-order valence-electron chi connectivity index (χ4n) is 1.48. The van der Waals surface area contributed by atoms with Gasteiger partial charge in [-0.05, 0) is 33.6 Å². The topological polar surface area (TPSA) is 96.5 Å². The van der Waals surface area contributed by atoms with Gasteiger partial charge in [0.25, 0.3) is 0 Å². The van der Waals surface area contributed by atoms with Gasteiger partial charge in [-0.25, -0.2) is 4.79 Å². The standard InChI is InChI=1S/C16H29N3O4/c1-5-13(20)17-10-8-6-7-9-11-18-14(21)12-19-15(22)23-16(2,3)4/h6-7H,5,8-12H2,1-4H3,(H,17,20)(H,18,21)(H,19,22)/b7-6-. The Balaban J connectivity index is 3.60. The molecular weight excluding hydrogens is 298 g/mol. The molecule has 0 aromatic heterocycles. The van der Waals surface area contributed by atoms with E-state index in [1.807, 2.05) is 19.1 Å². The number of nitrogens with one attached hydrogen (secondary N) is 3. The van der Waals surface area contributed by atoms with Crippen LogP contribution < -0.4 is 16.0 Å². The van der Waals surface area contributed by atoms with E-state index in [0.29, 0.717) is 25.9 Å². The van der Waals surface area contributed by atoms with Gasteiger partial charge in [0.1, 0.15) is 5.60 Å². The average molecular weight is 327 g/mol. The second kappa shape index (κ2) is 11.5. The van der Waals surface area contributed by atoms with E-state index in [9.17, 15) is 14.4 Å². The molecule has 0 rings (SSSR count). The maximum absolute atomic E-state index is 11.5. The third kappa shape index (κ3) is 14.6. The molecule has 7 nitrogen and oxygen atoms in total. The van der Waals surface area contributed by atoms with Crippen molar-refractivity contribution >= 4 is 17.9 Å². The molecule has 0 aliphatic heterocycles. The minimum absolute atomic E-state index is 0.0446. The number of carbonyl (C=O) groups is 3. The number of hydrogen-bond donors (Lipinski definition) is 3. The van der Waals surface area contributed by atoms with E-state index >= 15 is 0 Å². The van der Waals surface area contributed by atoms with Gasteiger partial charge in [0.2, 0.25) is 11.8 Å². The fourth-order valence-corrected chi connectivity index (χ4v) is 1.48. The van der Waals surface area contributed by atoms with Crippen LogP contribution in [0.25, 0.3) is 0 Å². The first-order valence-electron chi connectivity index (χ1n) is 7.90. The van der Waals surface area contributed by atoms with Gasteiger partial charge < -0.3 is 20.7 Å². The number of ether oxygens (including phenoxy) is 1. The Morgan fingerprint density at radius 2 is 1.43 bits per heavy atom. The fraction of sp³-hybridized carbons (Fsp3) is 0.688. The number of carbonyl (C=O) groups excluding carboxylic acids is 3. The molecule has 0 spiro atoms. The monoisotopic (exact) mass is 327 g/mol. The molecule has 0 heterocycles. The molecule has 0 saturated heterocycles. The first-order valence-corrected chi connectivity index (χ1v) is 7.90. The SMILES string of the molecule is CCC(=O)NCC/C=C\CCNC(=O)CNC(=O)OC(C)(C)C. The summed E-state index contributed by atoms with van der Waals surface area (Å²) in [6, 6.07) is 0. The van der Waals surface area contributed by atoms with Crippen LogP contribution in [0.5, 0.6) is 0 Å². The van der Waals surface area contributed by atoms with E-state index in [1.165, 1.54) is 0 Å². The molecule has 0 fully saturated rings. The predicted octanol–water partition coefficient (Wildman–Crippen LogP) is 1.49. The predicted molar refractivity (Wildman–Crippen MR) is 88.9 cm³/mol. The van der Waals surface area contributed by atoms with Crippen LogP contribution in [-0.2, 0) is 14.3 Å². The van der Waals surface area contributed by atoms with E-state index in [1.54, 1.807) is 20.8 Å². The lowest BCUT2D eigenvalue weighted by atomic mass is 10.2. The van der Waals surface area contributed by atoms with Crippen LogP contribution in [0.15, 0.2) is 12.2 Å². The molecular formula is C16H29N3O4. The van der Waals surface area contributed by atoms with Crippen molar-refractivity contribution in [3.63, 3.8) is 0 Å². The second-order valence-electron chi connectivity index (χ2n) is 5.96. The number of amides is 3. The maximum atomic E-state index is 11.5. The Kier molecular flexibility index (Phi) is 10.5. The summed E-state index contributed by atoms with van der Waals surface area (Å²) in [5.74, 6) is -0.220. The van der Waals surface area contributed by atoms with Gasteiger partial charge in [0.15, 0.2) is 0 Å². The molecule has 0 saturated carbocycles. The van der Waals surface area contributed by atoms with Crippen LogP contribution in [0.1, 0.15) is 47.0 Å². The quantitative estimate of drug-likeness (QED) is 0.441. The molecule has 0 bridgehead atoms. The van der Waals surface area contributed by atoms with Crippen LogP contribution in [0, 0.1) is 0 Å². The average Bonchev–Trinajstić information content (AvgIpc) is 2.45. The summed E-state index contributed by atoms with van der Waals surface area (Å²) >= 11 is 0. The highest BCUT2D eigenvalue weighted by atomic mass is 16.6. The van der Waals surface area contributed by atoms with E-state index in [4.69, 9.17) is 4.74 Å². The van der Waals surface area contributed by atoms with Gasteiger partial charge in [0.05, 0.1) is 6.54 Å². The van der Waals surface area contributed by atoms with Crippen LogP contribution in [0.4, 0.5) is 4.79 Å². The Labute approximate surface area is 138 Å². The molecule has 0 radical (unpaired) electrons. The number of alkyl carbamates (subject to hydrolysis) is 1. The van der Waals surface area contributed by atoms with Gasteiger partial charge in [0, 0.05) is 19.5 Å². The molecule has 0 unspecified atom stereocenters. The largest absolute Gasteiger partial charge is 0.444 e. The number of rotatable bonds is 9. The van der Waals surface area contributed by atoms with Gasteiger partial charge in [-0.3, -0.25) is 9.59 Å². The molecule has 3 amide bonds. The normalized spacial score (nSPS) is 11.1. The zero-order valence-electron chi connectivity index (χ0n) is 14.5. The molecule has 0 aromatic carbocycles. The first kappa shape index (κ1) is 20.9. The van der Waals surface area contributed by atoms with E-state index in [0.717, 1.165) is 6.42 Å². The third-order valence-electron chi connectivity index (χ3n) is 2.55. The van der Waals surface area contributed by atoms with Crippen LogP contribution >= 0.6 is 0 Å². The van der Waals surface area contributed by atoms with Gasteiger partial charge >= 0.3 is 6.09 Å². The molecule has 132 valence electrons. The molecule has 0 atom stereocenters. The lowest BCUT2D eigenvalue weighted by Crippen LogP contribution is -2.39. The smallest absolute Gasteiger partial charge is 0.408 e. The number of hydrogen-bond acceptors (Lipinski definition) is 4. The van der Waals surface area contributed by atoms with Crippen LogP contribution in [0.3, 0.4) is 0 Å². The van der Waals surface area contributed by atoms with Crippen LogP contribution in [0.2, 0.25) is 0 Å². The second-order valence-corrected chi connectivity index (χ2v) is 5.96. The summed E-state index contributed by atoms with van der Waals surface area (Å²) in [6.45, 7) is 8.08. The molecule has 0 aliphatic rings. The van der Waals surface area contributed by atoms with Gasteiger partial charge in [-0.2, -0.15) is 0 Å². The summed E-state index contributed by atoms with van der Waals surface area (Å²) in [4.78, 5) is 33.8. The Hall–Kier alpha value is -2.05. The van der Waals surface area contributed by atoms with E-state index in [2.05, 4.69) is 16.0 Å². The van der Waals surface area contributed by atoms with E-state index < -0.39 is 11.7 Å². The lowest BCUT2D eigenvalue weighted by Gasteiger charge is -2.19. The Morgan fingerprint density at radius 3 is 1.91 bits per heavy atom. The van der Waals surface area contributed by atoms with Gasteiger partial charge in [-0.1, -0.05) is 19.1 Å². The zero-order chi connectivity index (χ0) is 17.7. The molecule has 0 aliphatic carbocycles. The van der Waals surface area contributed by atoms with Crippen molar-refractivity contribution in [3.8, 4) is 0 Å². The Morgan fingerprint density at radius 1 is 0.913 bits per heavy atom. The van der Waals surface area contributed by atoms with E-state index in [-0.39, 0.29) is 18.4 Å². The Bertz CT molecular complexity index is 414. The van der Waals surface area contributed by atoms with Crippen molar-refractivity contribution in [2.24, 2.45) is 0 Å². The van der Waals surface area contributed by atoms with Crippen molar-refractivity contribution in [1.29, 1.82) is 0 Å². The highest BCUT2D eigenvalue weighted by Gasteiger charge is 2.16. The summed E-state index contributed by atoms with van der Waals surface area (Å²) < 4.78 is 5.02. The lowest BCUT2D eigenvalue weighted by molar-refractivity contribution is -0.121. The summed E-state index contributed by atoms with van der Waals surface area (Å²) in [6.07, 6.45) is 5.25. The van der Waals surface area contributed by atoms with Crippen molar-refractivity contribution in [3.05, 3.63) is 12.2 Å². The highest BCUT2D eigenvalue weighted by molar-refractivity contribution is 5.82. The summed E-state index contributed by atoms with van der Waals surface area (Å²) in [7, 11) is 0. The van der Waals surface area contributed by atoms with Crippen molar-refractivity contribution < 1.29 is 19.1 Å². The molecule has 23 heavy (non-hydrogen) atoms. The zero-order valence-corrected chi connectivity index (χ0v) is 14.5. The third-order valence-corrected chi connectivity index (χ3v) is 2.55. The summed E-state index contributed by atoms with van der Waals surface area (Å²) in [5.41, 5.74) is -0.581. The van der Waals surface area contributed by atoms with Crippen molar-refractivity contribution in [2.45, 2.75) is 52.6 Å². The minimum Gasteiger partial charge on any atom is -0.444 e. The maximum Gasteiger partial charge on any atom is 0.408 e. The van der Waals surface area contributed by atoms with Crippen molar-refractivity contribution in [2.75, 3.05) is 19.6 Å². The van der Waals surface area contributed by atoms with Crippen LogP contribution in [-0.4, -0.2) is 43.1 Å². The highest BCUT2D eigenvalue weighted by Crippen LogP contribution is 2.05. The first-order chi connectivity index (χ1) is 10.7.